The number of carboxylic acids is 1. The van der Waals surface area contributed by atoms with E-state index in [0.29, 0.717) is 34.9 Å². The number of hydrogen-bond acceptors (Lipinski definition) is 7. The number of aliphatic carboxylic acids is 1. The van der Waals surface area contributed by atoms with Gasteiger partial charge in [-0.15, -0.1) is 0 Å². The molecule has 1 heterocycles. The number of likely N-dealkylation sites (N-methyl/N-ethyl adjacent to an activating group) is 1. The molecule has 10 heteroatoms. The van der Waals surface area contributed by atoms with Crippen molar-refractivity contribution in [3.63, 3.8) is 0 Å². The Bertz CT molecular complexity index is 1540. The third-order valence-corrected chi connectivity index (χ3v) is 6.79. The van der Waals surface area contributed by atoms with E-state index in [1.165, 1.54) is 12.1 Å². The van der Waals surface area contributed by atoms with E-state index in [2.05, 4.69) is 15.3 Å². The normalized spacial score (nSPS) is 13.3. The molecule has 1 aromatic heterocycles. The van der Waals surface area contributed by atoms with E-state index in [-0.39, 0.29) is 0 Å². The molecule has 0 saturated heterocycles. The summed E-state index contributed by atoms with van der Waals surface area (Å²) in [6, 6.07) is 16.5. The first-order chi connectivity index (χ1) is 18.9. The number of carbonyl (C=O) groups is 1. The Balaban J connectivity index is 1.71. The number of rotatable bonds is 10. The second kappa shape index (κ2) is 11.5. The first-order valence-electron chi connectivity index (χ1n) is 12.7. The molecular formula is C30H32F2N4O4. The molecule has 3 aromatic carbocycles. The highest BCUT2D eigenvalue weighted by Gasteiger charge is 2.41. The Hall–Kier alpha value is -4.15. The number of aromatic nitrogens is 2. The fraction of sp³-hybridized carbons (Fsp3) is 0.300. The Labute approximate surface area is 231 Å². The molecule has 0 bridgehead atoms. The van der Waals surface area contributed by atoms with Gasteiger partial charge in [0.05, 0.1) is 12.6 Å². The van der Waals surface area contributed by atoms with E-state index < -0.39 is 29.7 Å². The van der Waals surface area contributed by atoms with E-state index in [4.69, 9.17) is 9.84 Å². The number of carboxylic acid groups (broad SMARTS) is 1. The van der Waals surface area contributed by atoms with Gasteiger partial charge in [0, 0.05) is 23.4 Å². The highest BCUT2D eigenvalue weighted by Crippen LogP contribution is 2.34. The lowest BCUT2D eigenvalue weighted by atomic mass is 9.98. The second-order valence-electron chi connectivity index (χ2n) is 9.90. The molecule has 40 heavy (non-hydrogen) atoms. The fourth-order valence-electron chi connectivity index (χ4n) is 4.45. The zero-order chi connectivity index (χ0) is 29.2. The number of alkyl halides is 2. The Morgan fingerprint density at radius 3 is 2.45 bits per heavy atom. The first-order valence-corrected chi connectivity index (χ1v) is 12.7. The summed E-state index contributed by atoms with van der Waals surface area (Å²) in [5, 5.41) is 23.4. The lowest BCUT2D eigenvalue weighted by molar-refractivity contribution is -0.166. The van der Waals surface area contributed by atoms with Gasteiger partial charge in [0.25, 0.3) is 0 Å². The monoisotopic (exact) mass is 550 g/mol. The number of aliphatic hydroxyl groups is 1. The van der Waals surface area contributed by atoms with Crippen molar-refractivity contribution in [3.8, 4) is 16.9 Å². The fourth-order valence-corrected chi connectivity index (χ4v) is 4.45. The number of ether oxygens (including phenoxy) is 1. The van der Waals surface area contributed by atoms with Crippen molar-refractivity contribution in [1.29, 1.82) is 0 Å². The molecule has 4 rings (SSSR count). The molecule has 0 aliphatic carbocycles. The minimum absolute atomic E-state index is 0.379. The van der Waals surface area contributed by atoms with Gasteiger partial charge in [-0.3, -0.25) is 4.90 Å². The molecular weight excluding hydrogens is 518 g/mol. The van der Waals surface area contributed by atoms with Crippen LogP contribution in [0.25, 0.3) is 22.0 Å². The summed E-state index contributed by atoms with van der Waals surface area (Å²) in [6.45, 7) is 3.56. The minimum atomic E-state index is -4.00. The number of benzene rings is 3. The van der Waals surface area contributed by atoms with Crippen LogP contribution in [0.5, 0.6) is 5.75 Å². The van der Waals surface area contributed by atoms with Crippen LogP contribution in [0.2, 0.25) is 0 Å². The van der Waals surface area contributed by atoms with Gasteiger partial charge in [-0.25, -0.2) is 14.8 Å². The SMILES string of the molecule is COc1ccc(-c2ccc3nc(C)nc(N[C@H](C)c4cccc(C(F)(F)C(=O)O)c4)c3c2)cc1C[C@@H](O)N(C)C. The van der Waals surface area contributed by atoms with Gasteiger partial charge >= 0.3 is 11.9 Å². The summed E-state index contributed by atoms with van der Waals surface area (Å²) in [5.74, 6) is -4.47. The highest BCUT2D eigenvalue weighted by atomic mass is 19.3. The largest absolute Gasteiger partial charge is 0.496 e. The molecule has 0 saturated carbocycles. The van der Waals surface area contributed by atoms with Gasteiger partial charge in [0.2, 0.25) is 0 Å². The number of nitrogens with zero attached hydrogens (tertiary/aromatic N) is 3. The van der Waals surface area contributed by atoms with Crippen LogP contribution in [0, 0.1) is 6.92 Å². The zero-order valence-corrected chi connectivity index (χ0v) is 22.9. The number of hydrogen-bond donors (Lipinski definition) is 3. The molecule has 0 spiro atoms. The Morgan fingerprint density at radius 1 is 1.07 bits per heavy atom. The number of fused-ring (bicyclic) bond motifs is 1. The van der Waals surface area contributed by atoms with Crippen LogP contribution in [-0.2, 0) is 17.1 Å². The molecule has 0 aliphatic heterocycles. The predicted octanol–water partition coefficient (Wildman–Crippen LogP) is 5.39. The molecule has 0 radical (unpaired) electrons. The van der Waals surface area contributed by atoms with Crippen LogP contribution in [0.4, 0.5) is 14.6 Å². The van der Waals surface area contributed by atoms with E-state index in [0.717, 1.165) is 28.1 Å². The maximum Gasteiger partial charge on any atom is 0.379 e. The van der Waals surface area contributed by atoms with Crippen LogP contribution in [-0.4, -0.2) is 58.5 Å². The molecule has 210 valence electrons. The zero-order valence-electron chi connectivity index (χ0n) is 22.9. The topological polar surface area (TPSA) is 108 Å². The summed E-state index contributed by atoms with van der Waals surface area (Å²) < 4.78 is 33.8. The maximum atomic E-state index is 14.1. The summed E-state index contributed by atoms with van der Waals surface area (Å²) in [7, 11) is 5.19. The predicted molar refractivity (Wildman–Crippen MR) is 150 cm³/mol. The molecule has 8 nitrogen and oxygen atoms in total. The van der Waals surface area contributed by atoms with Gasteiger partial charge in [-0.05, 0) is 80.5 Å². The van der Waals surface area contributed by atoms with Crippen molar-refractivity contribution in [2.75, 3.05) is 26.5 Å². The average molecular weight is 551 g/mol. The average Bonchev–Trinajstić information content (AvgIpc) is 2.92. The van der Waals surface area contributed by atoms with Gasteiger partial charge in [0.15, 0.2) is 0 Å². The Kier molecular flexibility index (Phi) is 8.32. The number of aryl methyl sites for hydroxylation is 1. The van der Waals surface area contributed by atoms with Crippen LogP contribution in [0.1, 0.15) is 35.5 Å². The van der Waals surface area contributed by atoms with Crippen molar-refractivity contribution in [3.05, 3.63) is 83.2 Å². The Morgan fingerprint density at radius 2 is 1.77 bits per heavy atom. The quantitative estimate of drug-likeness (QED) is 0.226. The van der Waals surface area contributed by atoms with Gasteiger partial charge in [-0.2, -0.15) is 8.78 Å². The molecule has 0 fully saturated rings. The van der Waals surface area contributed by atoms with Gasteiger partial charge in [0.1, 0.15) is 23.6 Å². The first kappa shape index (κ1) is 28.8. The van der Waals surface area contributed by atoms with E-state index in [1.54, 1.807) is 46.0 Å². The molecule has 0 unspecified atom stereocenters. The molecule has 4 aromatic rings. The highest BCUT2D eigenvalue weighted by molar-refractivity contribution is 5.93. The van der Waals surface area contributed by atoms with Crippen LogP contribution in [0.15, 0.2) is 60.7 Å². The van der Waals surface area contributed by atoms with Crippen molar-refractivity contribution in [2.24, 2.45) is 0 Å². The number of nitrogens with one attached hydrogen (secondary N) is 1. The number of halogens is 2. The summed E-state index contributed by atoms with van der Waals surface area (Å²) in [5.41, 5.74) is 3.25. The van der Waals surface area contributed by atoms with E-state index >= 15 is 0 Å². The third-order valence-electron chi connectivity index (χ3n) is 6.79. The van der Waals surface area contributed by atoms with Crippen LogP contribution in [0.3, 0.4) is 0 Å². The van der Waals surface area contributed by atoms with Crippen LogP contribution < -0.4 is 10.1 Å². The van der Waals surface area contributed by atoms with Crippen molar-refractivity contribution in [2.45, 2.75) is 38.5 Å². The lowest BCUT2D eigenvalue weighted by Crippen LogP contribution is -2.29. The summed E-state index contributed by atoms with van der Waals surface area (Å²) in [4.78, 5) is 21.9. The molecule has 0 aliphatic rings. The molecule has 0 amide bonds. The number of anilines is 1. The lowest BCUT2D eigenvalue weighted by Gasteiger charge is -2.20. The summed E-state index contributed by atoms with van der Waals surface area (Å²) in [6.07, 6.45) is -0.298. The van der Waals surface area contributed by atoms with Gasteiger partial charge in [-0.1, -0.05) is 30.3 Å². The van der Waals surface area contributed by atoms with E-state index in [9.17, 15) is 18.7 Å². The van der Waals surface area contributed by atoms with Crippen LogP contribution >= 0.6 is 0 Å². The van der Waals surface area contributed by atoms with Crippen molar-refractivity contribution in [1.82, 2.24) is 14.9 Å². The molecule has 3 N–H and O–H groups in total. The standard InChI is InChI=1S/C30H32F2N4O4/c1-17(19-7-6-8-23(14-19)30(31,32)29(38)39)33-28-24-15-21(9-11-25(24)34-18(2)35-28)20-10-12-26(40-5)22(13-20)16-27(37)36(3)4/h6-15,17,27,37H,16H2,1-5H3,(H,38,39)(H,33,34,35)/t17-,27-/m1/s1. The minimum Gasteiger partial charge on any atom is -0.496 e. The van der Waals surface area contributed by atoms with Crippen molar-refractivity contribution >= 4 is 22.7 Å². The van der Waals surface area contributed by atoms with Crippen molar-refractivity contribution < 1.29 is 28.5 Å². The van der Waals surface area contributed by atoms with Gasteiger partial charge < -0.3 is 20.3 Å². The summed E-state index contributed by atoms with van der Waals surface area (Å²) >= 11 is 0. The smallest absolute Gasteiger partial charge is 0.379 e. The molecule has 2 atom stereocenters. The maximum absolute atomic E-state index is 14.1. The second-order valence-corrected chi connectivity index (χ2v) is 9.90. The third kappa shape index (κ3) is 6.03. The number of methoxy groups -OCH3 is 1. The number of aliphatic hydroxyl groups excluding tert-OH is 1. The van der Waals surface area contributed by atoms with E-state index in [1.807, 2.05) is 36.4 Å².